The van der Waals surface area contributed by atoms with E-state index in [0.29, 0.717) is 43.1 Å². The van der Waals surface area contributed by atoms with E-state index in [0.717, 1.165) is 18.4 Å². The second-order valence-electron chi connectivity index (χ2n) is 7.01. The van der Waals surface area contributed by atoms with Crippen LogP contribution < -0.4 is 16.0 Å². The highest BCUT2D eigenvalue weighted by Crippen LogP contribution is 2.32. The zero-order chi connectivity index (χ0) is 16.9. The molecule has 2 aliphatic heterocycles. The molecule has 1 aromatic carbocycles. The van der Waals surface area contributed by atoms with E-state index >= 15 is 0 Å². The molecule has 0 aliphatic carbocycles. The SMILES string of the molecule is CCNC(=O)c1ccc(CNC(=O)CC2CC3CCC(C2)N3)cc1. The number of fused-ring (bicyclic) bond motifs is 2. The minimum absolute atomic E-state index is 0.0615. The van der Waals surface area contributed by atoms with Crippen LogP contribution in [-0.4, -0.2) is 30.4 Å². The number of carbonyl (C=O) groups excluding carboxylic acids is 2. The zero-order valence-electron chi connectivity index (χ0n) is 14.3. The summed E-state index contributed by atoms with van der Waals surface area (Å²) < 4.78 is 0. The van der Waals surface area contributed by atoms with Crippen LogP contribution in [0.1, 0.15) is 54.9 Å². The number of hydrogen-bond donors (Lipinski definition) is 3. The standard InChI is InChI=1S/C19H27N3O2/c1-2-20-19(24)15-5-3-13(4-6-15)12-21-18(23)11-14-9-16-7-8-17(10-14)22-16/h3-6,14,16-17,22H,2,7-12H2,1H3,(H,20,24)(H,21,23). The average molecular weight is 329 g/mol. The molecule has 1 aromatic rings. The van der Waals surface area contributed by atoms with Gasteiger partial charge < -0.3 is 16.0 Å². The van der Waals surface area contributed by atoms with E-state index in [1.165, 1.54) is 12.8 Å². The Morgan fingerprint density at radius 2 is 1.75 bits per heavy atom. The molecule has 5 heteroatoms. The summed E-state index contributed by atoms with van der Waals surface area (Å²) in [5.74, 6) is 0.589. The van der Waals surface area contributed by atoms with Crippen LogP contribution in [0.2, 0.25) is 0 Å². The van der Waals surface area contributed by atoms with Crippen molar-refractivity contribution in [1.82, 2.24) is 16.0 Å². The van der Waals surface area contributed by atoms with Gasteiger partial charge in [-0.25, -0.2) is 0 Å². The molecule has 0 spiro atoms. The van der Waals surface area contributed by atoms with Gasteiger partial charge in [0.1, 0.15) is 0 Å². The number of piperidine rings is 1. The first-order chi connectivity index (χ1) is 11.6. The Hall–Kier alpha value is -1.88. The third-order valence-electron chi connectivity index (χ3n) is 5.09. The largest absolute Gasteiger partial charge is 0.352 e. The molecule has 5 nitrogen and oxygen atoms in total. The second-order valence-corrected chi connectivity index (χ2v) is 7.01. The fourth-order valence-electron chi connectivity index (χ4n) is 3.91. The molecule has 0 radical (unpaired) electrons. The van der Waals surface area contributed by atoms with Gasteiger partial charge in [-0.15, -0.1) is 0 Å². The normalized spacial score (nSPS) is 25.3. The van der Waals surface area contributed by atoms with E-state index in [4.69, 9.17) is 0 Å². The summed E-state index contributed by atoms with van der Waals surface area (Å²) in [5.41, 5.74) is 1.67. The van der Waals surface area contributed by atoms with Gasteiger partial charge >= 0.3 is 0 Å². The zero-order valence-corrected chi connectivity index (χ0v) is 14.3. The first kappa shape index (κ1) is 17.0. The predicted molar refractivity (Wildman–Crippen MR) is 93.6 cm³/mol. The van der Waals surface area contributed by atoms with Crippen molar-refractivity contribution in [2.75, 3.05) is 6.54 Å². The van der Waals surface area contributed by atoms with Gasteiger partial charge in [-0.3, -0.25) is 9.59 Å². The van der Waals surface area contributed by atoms with Crippen LogP contribution in [0.25, 0.3) is 0 Å². The molecule has 0 saturated carbocycles. The summed E-state index contributed by atoms with van der Waals surface area (Å²) in [4.78, 5) is 23.9. The summed E-state index contributed by atoms with van der Waals surface area (Å²) in [7, 11) is 0. The first-order valence-corrected chi connectivity index (χ1v) is 9.04. The Balaban J connectivity index is 1.43. The monoisotopic (exact) mass is 329 g/mol. The Labute approximate surface area is 143 Å². The molecule has 24 heavy (non-hydrogen) atoms. The van der Waals surface area contributed by atoms with Crippen LogP contribution in [0.5, 0.6) is 0 Å². The molecule has 2 saturated heterocycles. The number of nitrogens with one attached hydrogen (secondary N) is 3. The maximum absolute atomic E-state index is 12.2. The minimum atomic E-state index is -0.0615. The van der Waals surface area contributed by atoms with Crippen molar-refractivity contribution in [3.63, 3.8) is 0 Å². The number of rotatable bonds is 6. The lowest BCUT2D eigenvalue weighted by Crippen LogP contribution is -2.39. The van der Waals surface area contributed by atoms with E-state index in [9.17, 15) is 9.59 Å². The molecule has 2 atom stereocenters. The van der Waals surface area contributed by atoms with Crippen molar-refractivity contribution in [1.29, 1.82) is 0 Å². The number of hydrogen-bond acceptors (Lipinski definition) is 3. The second kappa shape index (κ2) is 7.79. The molecule has 2 amide bonds. The third-order valence-corrected chi connectivity index (χ3v) is 5.09. The maximum Gasteiger partial charge on any atom is 0.251 e. The topological polar surface area (TPSA) is 70.2 Å². The molecular weight excluding hydrogens is 302 g/mol. The first-order valence-electron chi connectivity index (χ1n) is 9.04. The van der Waals surface area contributed by atoms with Crippen LogP contribution in [0.4, 0.5) is 0 Å². The molecular formula is C19H27N3O2. The summed E-state index contributed by atoms with van der Waals surface area (Å²) >= 11 is 0. The summed E-state index contributed by atoms with van der Waals surface area (Å²) in [5, 5.41) is 9.40. The van der Waals surface area contributed by atoms with Gasteiger partial charge in [0.2, 0.25) is 5.91 Å². The fourth-order valence-corrected chi connectivity index (χ4v) is 3.91. The highest BCUT2D eigenvalue weighted by molar-refractivity contribution is 5.94. The highest BCUT2D eigenvalue weighted by atomic mass is 16.2. The van der Waals surface area contributed by atoms with E-state index < -0.39 is 0 Å². The molecule has 130 valence electrons. The lowest BCUT2D eigenvalue weighted by Gasteiger charge is -2.28. The van der Waals surface area contributed by atoms with Gasteiger partial charge in [-0.2, -0.15) is 0 Å². The van der Waals surface area contributed by atoms with Gasteiger partial charge in [0.25, 0.3) is 5.91 Å². The smallest absolute Gasteiger partial charge is 0.251 e. The van der Waals surface area contributed by atoms with Gasteiger partial charge in [0.15, 0.2) is 0 Å². The van der Waals surface area contributed by atoms with Crippen LogP contribution in [-0.2, 0) is 11.3 Å². The summed E-state index contributed by atoms with van der Waals surface area (Å²) in [6, 6.07) is 8.66. The minimum Gasteiger partial charge on any atom is -0.352 e. The molecule has 2 unspecified atom stereocenters. The molecule has 0 aromatic heterocycles. The lowest BCUT2D eigenvalue weighted by molar-refractivity contribution is -0.122. The molecule has 2 aliphatic rings. The maximum atomic E-state index is 12.2. The van der Waals surface area contributed by atoms with Gasteiger partial charge in [-0.1, -0.05) is 12.1 Å². The quantitative estimate of drug-likeness (QED) is 0.747. The predicted octanol–water partition coefficient (Wildman–Crippen LogP) is 1.97. The van der Waals surface area contributed by atoms with Crippen LogP contribution in [0, 0.1) is 5.92 Å². The molecule has 3 rings (SSSR count). The molecule has 2 heterocycles. The number of amides is 2. The van der Waals surface area contributed by atoms with Crippen LogP contribution in [0.3, 0.4) is 0 Å². The summed E-state index contributed by atoms with van der Waals surface area (Å²) in [6.07, 6.45) is 5.42. The average Bonchev–Trinajstić information content (AvgIpc) is 2.92. The fraction of sp³-hybridized carbons (Fsp3) is 0.579. The number of benzene rings is 1. The number of carbonyl (C=O) groups is 2. The Morgan fingerprint density at radius 3 is 2.38 bits per heavy atom. The Bertz CT molecular complexity index is 573. The van der Waals surface area contributed by atoms with Gasteiger partial charge in [0.05, 0.1) is 0 Å². The Morgan fingerprint density at radius 1 is 1.08 bits per heavy atom. The van der Waals surface area contributed by atoms with Crippen LogP contribution in [0.15, 0.2) is 24.3 Å². The van der Waals surface area contributed by atoms with Crippen LogP contribution >= 0.6 is 0 Å². The third kappa shape index (κ3) is 4.35. The van der Waals surface area contributed by atoms with Crippen molar-refractivity contribution in [3.05, 3.63) is 35.4 Å². The molecule has 2 bridgehead atoms. The van der Waals surface area contributed by atoms with Gasteiger partial charge in [0, 0.05) is 37.2 Å². The van der Waals surface area contributed by atoms with E-state index in [1.54, 1.807) is 12.1 Å². The molecule has 3 N–H and O–H groups in total. The van der Waals surface area contributed by atoms with Crippen molar-refractivity contribution in [2.45, 2.75) is 57.7 Å². The summed E-state index contributed by atoms with van der Waals surface area (Å²) in [6.45, 7) is 3.04. The van der Waals surface area contributed by atoms with E-state index in [1.807, 2.05) is 19.1 Å². The van der Waals surface area contributed by atoms with Crippen molar-refractivity contribution in [2.24, 2.45) is 5.92 Å². The highest BCUT2D eigenvalue weighted by Gasteiger charge is 2.34. The van der Waals surface area contributed by atoms with Gasteiger partial charge in [-0.05, 0) is 56.2 Å². The Kier molecular flexibility index (Phi) is 5.51. The molecule has 2 fully saturated rings. The van der Waals surface area contributed by atoms with E-state index in [2.05, 4.69) is 16.0 Å². The van der Waals surface area contributed by atoms with Crippen molar-refractivity contribution in [3.8, 4) is 0 Å². The van der Waals surface area contributed by atoms with E-state index in [-0.39, 0.29) is 11.8 Å². The van der Waals surface area contributed by atoms with Crippen molar-refractivity contribution < 1.29 is 9.59 Å². The lowest BCUT2D eigenvalue weighted by atomic mass is 9.89. The van der Waals surface area contributed by atoms with Crippen molar-refractivity contribution >= 4 is 11.8 Å².